The molecule has 0 bridgehead atoms. The zero-order valence-electron chi connectivity index (χ0n) is 5.55. The maximum atomic E-state index is 5.34. The lowest BCUT2D eigenvalue weighted by Crippen LogP contribution is -2.14. The normalized spacial score (nSPS) is 9.56. The predicted octanol–water partition coefficient (Wildman–Crippen LogP) is -0.113. The highest BCUT2D eigenvalue weighted by Crippen LogP contribution is 1.90. The second-order valence-electron chi connectivity index (χ2n) is 2.01. The Balaban J connectivity index is 3.17. The van der Waals surface area contributed by atoms with Gasteiger partial charge in [-0.3, -0.25) is 9.97 Å². The van der Waals surface area contributed by atoms with Crippen LogP contribution in [0.2, 0.25) is 0 Å². The lowest BCUT2D eigenvalue weighted by atomic mass is 10.1. The van der Waals surface area contributed by atoms with Crippen LogP contribution < -0.4 is 5.72 Å². The number of rotatable bonds is 0. The van der Waals surface area contributed by atoms with Crippen molar-refractivity contribution < 1.29 is 0 Å². The first-order valence-electron chi connectivity index (χ1n) is 2.76. The summed E-state index contributed by atoms with van der Waals surface area (Å²) in [7, 11) is 5.34. The molecule has 1 aromatic rings. The number of hydrogen-bond donors (Lipinski definition) is 0. The van der Waals surface area contributed by atoms with E-state index in [4.69, 9.17) is 7.85 Å². The Kier molecular flexibility index (Phi) is 1.51. The summed E-state index contributed by atoms with van der Waals surface area (Å²) in [5.41, 5.74) is 2.19. The summed E-state index contributed by atoms with van der Waals surface area (Å²) in [5, 5.41) is 0. The summed E-state index contributed by atoms with van der Waals surface area (Å²) in [6, 6.07) is 1.89. The lowest BCUT2D eigenvalue weighted by molar-refractivity contribution is 1.10. The molecule has 0 saturated heterocycles. The predicted molar refractivity (Wildman–Crippen MR) is 36.9 cm³/mol. The van der Waals surface area contributed by atoms with E-state index in [9.17, 15) is 0 Å². The van der Waals surface area contributed by atoms with Gasteiger partial charge in [0.1, 0.15) is 0 Å². The van der Waals surface area contributed by atoms with Crippen molar-refractivity contribution in [2.24, 2.45) is 0 Å². The molecule has 1 heterocycles. The minimum atomic E-state index is 0.354. The molecule has 0 saturated carbocycles. The van der Waals surface area contributed by atoms with Crippen molar-refractivity contribution in [1.29, 1.82) is 0 Å². The van der Waals surface area contributed by atoms with Crippen LogP contribution in [0, 0.1) is 13.8 Å². The van der Waals surface area contributed by atoms with Crippen LogP contribution in [0.1, 0.15) is 11.4 Å². The Labute approximate surface area is 55.8 Å². The number of nitrogens with zero attached hydrogens (tertiary/aromatic N) is 2. The van der Waals surface area contributed by atoms with Crippen molar-refractivity contribution in [1.82, 2.24) is 9.97 Å². The molecule has 0 fully saturated rings. The van der Waals surface area contributed by atoms with Gasteiger partial charge in [0.15, 0.2) is 7.85 Å². The molecule has 2 radical (unpaired) electrons. The molecule has 0 amide bonds. The van der Waals surface area contributed by atoms with Crippen molar-refractivity contribution >= 4 is 13.6 Å². The zero-order valence-corrected chi connectivity index (χ0v) is 5.55. The molecule has 0 spiro atoms. The summed E-state index contributed by atoms with van der Waals surface area (Å²) in [4.78, 5) is 7.80. The maximum absolute atomic E-state index is 5.34. The van der Waals surface area contributed by atoms with E-state index < -0.39 is 0 Å². The number of aromatic nitrogens is 2. The molecule has 3 heteroatoms. The molecule has 1 aromatic heterocycles. The second kappa shape index (κ2) is 2.17. The highest BCUT2D eigenvalue weighted by atomic mass is 14.9. The molecule has 1 rings (SSSR count). The molecule has 0 aliphatic carbocycles. The van der Waals surface area contributed by atoms with Gasteiger partial charge in [-0.1, -0.05) is 0 Å². The highest BCUT2D eigenvalue weighted by molar-refractivity contribution is 6.28. The minimum Gasteiger partial charge on any atom is -0.251 e. The Bertz CT molecular complexity index is 172. The molecule has 0 unspecified atom stereocenters. The summed E-state index contributed by atoms with van der Waals surface area (Å²) in [5.74, 6) is 0. The lowest BCUT2D eigenvalue weighted by Gasteiger charge is -1.95. The van der Waals surface area contributed by atoms with Crippen molar-refractivity contribution in [2.45, 2.75) is 13.8 Å². The SMILES string of the molecule is [B]c1nc(C)cc(C)n1. The van der Waals surface area contributed by atoms with E-state index in [1.54, 1.807) is 0 Å². The molecule has 9 heavy (non-hydrogen) atoms. The molecule has 0 aliphatic heterocycles. The van der Waals surface area contributed by atoms with Gasteiger partial charge in [-0.15, -0.1) is 0 Å². The highest BCUT2D eigenvalue weighted by Gasteiger charge is 1.89. The summed E-state index contributed by atoms with van der Waals surface area (Å²) in [6.45, 7) is 3.79. The van der Waals surface area contributed by atoms with Crippen molar-refractivity contribution in [3.8, 4) is 0 Å². The van der Waals surface area contributed by atoms with Crippen LogP contribution in [0.25, 0.3) is 0 Å². The Morgan fingerprint density at radius 3 is 2.00 bits per heavy atom. The van der Waals surface area contributed by atoms with E-state index in [-0.39, 0.29) is 0 Å². The molecular weight excluding hydrogens is 111 g/mol. The van der Waals surface area contributed by atoms with E-state index in [1.165, 1.54) is 0 Å². The Hall–Kier alpha value is -0.855. The van der Waals surface area contributed by atoms with Gasteiger partial charge >= 0.3 is 0 Å². The average molecular weight is 118 g/mol. The van der Waals surface area contributed by atoms with Gasteiger partial charge in [0.25, 0.3) is 0 Å². The monoisotopic (exact) mass is 118 g/mol. The second-order valence-corrected chi connectivity index (χ2v) is 2.01. The van der Waals surface area contributed by atoms with Crippen LogP contribution in [0.3, 0.4) is 0 Å². The van der Waals surface area contributed by atoms with E-state index in [1.807, 2.05) is 19.9 Å². The van der Waals surface area contributed by atoms with Crippen molar-refractivity contribution in [3.05, 3.63) is 17.5 Å². The van der Waals surface area contributed by atoms with Crippen molar-refractivity contribution in [3.63, 3.8) is 0 Å². The first-order valence-corrected chi connectivity index (χ1v) is 2.76. The van der Waals surface area contributed by atoms with Crippen LogP contribution in [0.15, 0.2) is 6.07 Å². The number of aryl methyl sites for hydroxylation is 2. The molecule has 0 aromatic carbocycles. The van der Waals surface area contributed by atoms with Crippen LogP contribution in [0.5, 0.6) is 0 Å². The third kappa shape index (κ3) is 1.52. The van der Waals surface area contributed by atoms with E-state index in [0.717, 1.165) is 11.4 Å². The van der Waals surface area contributed by atoms with Gasteiger partial charge in [-0.05, 0) is 19.9 Å². The first kappa shape index (κ1) is 6.27. The molecule has 0 aliphatic rings. The van der Waals surface area contributed by atoms with Crippen molar-refractivity contribution in [2.75, 3.05) is 0 Å². The topological polar surface area (TPSA) is 25.8 Å². The fourth-order valence-corrected chi connectivity index (χ4v) is 0.753. The van der Waals surface area contributed by atoms with Gasteiger partial charge in [0.2, 0.25) is 0 Å². The molecule has 0 atom stereocenters. The maximum Gasteiger partial charge on any atom is 0.170 e. The van der Waals surface area contributed by atoms with E-state index in [0.29, 0.717) is 5.72 Å². The Morgan fingerprint density at radius 2 is 1.67 bits per heavy atom. The third-order valence-electron chi connectivity index (χ3n) is 1.000. The standard InChI is InChI=1S/C6H7BN2/c1-4-3-5(2)9-6(7)8-4/h3H,1-2H3. The summed E-state index contributed by atoms with van der Waals surface area (Å²) >= 11 is 0. The molecule has 2 nitrogen and oxygen atoms in total. The quantitative estimate of drug-likeness (QED) is 0.444. The average Bonchev–Trinajstić information content (AvgIpc) is 1.59. The fraction of sp³-hybridized carbons (Fsp3) is 0.333. The summed E-state index contributed by atoms with van der Waals surface area (Å²) < 4.78 is 0. The van der Waals surface area contributed by atoms with Gasteiger partial charge in [-0.2, -0.15) is 0 Å². The van der Waals surface area contributed by atoms with Crippen LogP contribution in [-0.4, -0.2) is 17.8 Å². The van der Waals surface area contributed by atoms with Crippen LogP contribution in [-0.2, 0) is 0 Å². The number of hydrogen-bond acceptors (Lipinski definition) is 2. The van der Waals surface area contributed by atoms with Gasteiger partial charge < -0.3 is 0 Å². The smallest absolute Gasteiger partial charge is 0.170 e. The third-order valence-corrected chi connectivity index (χ3v) is 1.000. The molecule has 44 valence electrons. The van der Waals surface area contributed by atoms with Crippen LogP contribution in [0.4, 0.5) is 0 Å². The fourth-order valence-electron chi connectivity index (χ4n) is 0.753. The minimum absolute atomic E-state index is 0.354. The van der Waals surface area contributed by atoms with Crippen LogP contribution >= 0.6 is 0 Å². The molecule has 0 N–H and O–H groups in total. The van der Waals surface area contributed by atoms with Gasteiger partial charge in [-0.25, -0.2) is 0 Å². The van der Waals surface area contributed by atoms with Gasteiger partial charge in [0.05, 0.1) is 5.72 Å². The summed E-state index contributed by atoms with van der Waals surface area (Å²) in [6.07, 6.45) is 0. The first-order chi connectivity index (χ1) is 4.18. The zero-order chi connectivity index (χ0) is 6.85. The Morgan fingerprint density at radius 1 is 1.22 bits per heavy atom. The largest absolute Gasteiger partial charge is 0.251 e. The van der Waals surface area contributed by atoms with E-state index in [2.05, 4.69) is 9.97 Å². The molecular formula is C6H7BN2. The van der Waals surface area contributed by atoms with E-state index >= 15 is 0 Å². The van der Waals surface area contributed by atoms with Gasteiger partial charge in [0, 0.05) is 11.4 Å².